The van der Waals surface area contributed by atoms with Gasteiger partial charge in [0.2, 0.25) is 5.88 Å². The van der Waals surface area contributed by atoms with Gasteiger partial charge in [0, 0.05) is 24.8 Å². The summed E-state index contributed by atoms with van der Waals surface area (Å²) in [5, 5.41) is 10.4. The van der Waals surface area contributed by atoms with Crippen LogP contribution in [0.3, 0.4) is 0 Å². The van der Waals surface area contributed by atoms with Gasteiger partial charge in [-0.2, -0.15) is 10.1 Å². The highest BCUT2D eigenvalue weighted by Gasteiger charge is 2.18. The molecule has 1 aliphatic heterocycles. The van der Waals surface area contributed by atoms with Crippen LogP contribution in [0.5, 0.6) is 5.88 Å². The summed E-state index contributed by atoms with van der Waals surface area (Å²) in [6.07, 6.45) is 7.68. The lowest BCUT2D eigenvalue weighted by Gasteiger charge is -2.28. The van der Waals surface area contributed by atoms with Crippen LogP contribution in [0.4, 0.5) is 11.6 Å². The molecule has 0 atom stereocenters. The molecule has 2 N–H and O–H groups in total. The highest BCUT2D eigenvalue weighted by atomic mass is 16.5. The lowest BCUT2D eigenvalue weighted by atomic mass is 10.1. The van der Waals surface area contributed by atoms with Gasteiger partial charge in [-0.15, -0.1) is 0 Å². The molecule has 2 aromatic heterocycles. The van der Waals surface area contributed by atoms with Crippen LogP contribution in [0.25, 0.3) is 0 Å². The van der Waals surface area contributed by atoms with Gasteiger partial charge < -0.3 is 15.0 Å². The van der Waals surface area contributed by atoms with Crippen molar-refractivity contribution in [2.24, 2.45) is 0 Å². The predicted molar refractivity (Wildman–Crippen MR) is 89.0 cm³/mol. The monoisotopic (exact) mass is 316 g/mol. The standard InChI is InChI=1S/C16H24N6O/c1-3-4-12-9-14(21-20-12)18-15-10-17-11-16(19-15)23-13-5-7-22(2)8-6-13/h9-11,13H,3-8H2,1-2H3,(H2,18,19,20,21). The van der Waals surface area contributed by atoms with E-state index < -0.39 is 0 Å². The van der Waals surface area contributed by atoms with Crippen molar-refractivity contribution in [1.29, 1.82) is 0 Å². The summed E-state index contributed by atoms with van der Waals surface area (Å²) in [4.78, 5) is 11.0. The number of anilines is 2. The van der Waals surface area contributed by atoms with Crippen molar-refractivity contribution in [2.45, 2.75) is 38.7 Å². The maximum absolute atomic E-state index is 5.96. The molecule has 1 saturated heterocycles. The number of H-pyrrole nitrogens is 1. The van der Waals surface area contributed by atoms with E-state index in [1.54, 1.807) is 12.4 Å². The number of aromatic amines is 1. The smallest absolute Gasteiger partial charge is 0.234 e. The Balaban J connectivity index is 1.60. The number of hydrogen-bond acceptors (Lipinski definition) is 6. The number of nitrogens with one attached hydrogen (secondary N) is 2. The summed E-state index contributed by atoms with van der Waals surface area (Å²) in [6.45, 7) is 4.26. The Bertz CT molecular complexity index is 621. The second-order valence-electron chi connectivity index (χ2n) is 6.02. The second kappa shape index (κ2) is 7.41. The molecule has 23 heavy (non-hydrogen) atoms. The molecule has 0 amide bonds. The largest absolute Gasteiger partial charge is 0.473 e. The molecule has 0 aliphatic carbocycles. The van der Waals surface area contributed by atoms with Crippen LogP contribution in [0.2, 0.25) is 0 Å². The summed E-state index contributed by atoms with van der Waals surface area (Å²) >= 11 is 0. The SMILES string of the molecule is CCCc1cc(Nc2cncc(OC3CCN(C)CC3)n2)n[nH]1. The van der Waals surface area contributed by atoms with E-state index in [4.69, 9.17) is 4.74 Å². The average molecular weight is 316 g/mol. The van der Waals surface area contributed by atoms with Crippen LogP contribution in [0.15, 0.2) is 18.5 Å². The molecule has 3 rings (SSSR count). The van der Waals surface area contributed by atoms with Gasteiger partial charge in [-0.25, -0.2) is 0 Å². The number of piperidine rings is 1. The molecule has 0 aromatic carbocycles. The number of nitrogens with zero attached hydrogens (tertiary/aromatic N) is 4. The van der Waals surface area contributed by atoms with E-state index in [0.717, 1.165) is 50.3 Å². The average Bonchev–Trinajstić information content (AvgIpc) is 2.98. The topological polar surface area (TPSA) is 79.0 Å². The van der Waals surface area contributed by atoms with Gasteiger partial charge in [0.05, 0.1) is 12.4 Å². The molecular weight excluding hydrogens is 292 g/mol. The molecule has 1 fully saturated rings. The minimum Gasteiger partial charge on any atom is -0.473 e. The van der Waals surface area contributed by atoms with Crippen LogP contribution in [-0.4, -0.2) is 51.3 Å². The van der Waals surface area contributed by atoms with Crippen molar-refractivity contribution < 1.29 is 4.74 Å². The fourth-order valence-electron chi connectivity index (χ4n) is 2.69. The van der Waals surface area contributed by atoms with Crippen LogP contribution >= 0.6 is 0 Å². The van der Waals surface area contributed by atoms with Crippen LogP contribution in [0.1, 0.15) is 31.9 Å². The predicted octanol–water partition coefficient (Wildman–Crippen LogP) is 2.37. The van der Waals surface area contributed by atoms with E-state index in [-0.39, 0.29) is 6.10 Å². The Morgan fingerprint density at radius 3 is 2.91 bits per heavy atom. The number of rotatable bonds is 6. The Morgan fingerprint density at radius 2 is 2.13 bits per heavy atom. The van der Waals surface area contributed by atoms with Crippen molar-refractivity contribution in [2.75, 3.05) is 25.5 Å². The van der Waals surface area contributed by atoms with Crippen molar-refractivity contribution >= 4 is 11.6 Å². The third kappa shape index (κ3) is 4.41. The summed E-state index contributed by atoms with van der Waals surface area (Å²) < 4.78 is 5.96. The molecule has 2 aromatic rings. The van der Waals surface area contributed by atoms with Gasteiger partial charge in [-0.1, -0.05) is 13.3 Å². The molecule has 124 valence electrons. The number of aryl methyl sites for hydroxylation is 1. The lowest BCUT2D eigenvalue weighted by molar-refractivity contribution is 0.110. The van der Waals surface area contributed by atoms with E-state index in [1.165, 1.54) is 0 Å². The van der Waals surface area contributed by atoms with Crippen LogP contribution in [0, 0.1) is 0 Å². The first kappa shape index (κ1) is 15.7. The van der Waals surface area contributed by atoms with Gasteiger partial charge in [-0.3, -0.25) is 10.1 Å². The number of hydrogen-bond donors (Lipinski definition) is 2. The Hall–Kier alpha value is -2.15. The van der Waals surface area contributed by atoms with Crippen LogP contribution in [-0.2, 0) is 6.42 Å². The van der Waals surface area contributed by atoms with Gasteiger partial charge in [0.15, 0.2) is 11.6 Å². The van der Waals surface area contributed by atoms with E-state index in [0.29, 0.717) is 11.7 Å². The van der Waals surface area contributed by atoms with Gasteiger partial charge >= 0.3 is 0 Å². The summed E-state index contributed by atoms with van der Waals surface area (Å²) in [6, 6.07) is 2.00. The van der Waals surface area contributed by atoms with E-state index >= 15 is 0 Å². The van der Waals surface area contributed by atoms with Gasteiger partial charge in [-0.05, 0) is 26.3 Å². The first-order valence-corrected chi connectivity index (χ1v) is 8.21. The second-order valence-corrected chi connectivity index (χ2v) is 6.02. The van der Waals surface area contributed by atoms with Crippen molar-refractivity contribution in [1.82, 2.24) is 25.1 Å². The quantitative estimate of drug-likeness (QED) is 0.852. The lowest BCUT2D eigenvalue weighted by Crippen LogP contribution is -2.35. The third-order valence-corrected chi connectivity index (χ3v) is 3.97. The van der Waals surface area contributed by atoms with Crippen molar-refractivity contribution in [3.8, 4) is 5.88 Å². The summed E-state index contributed by atoms with van der Waals surface area (Å²) in [5.74, 6) is 1.96. The normalized spacial score (nSPS) is 16.4. The fraction of sp³-hybridized carbons (Fsp3) is 0.562. The highest BCUT2D eigenvalue weighted by Crippen LogP contribution is 2.19. The Morgan fingerprint density at radius 1 is 1.30 bits per heavy atom. The van der Waals surface area contributed by atoms with Gasteiger partial charge in [0.25, 0.3) is 0 Å². The van der Waals surface area contributed by atoms with Crippen LogP contribution < -0.4 is 10.1 Å². The van der Waals surface area contributed by atoms with Crippen molar-refractivity contribution in [3.05, 3.63) is 24.2 Å². The molecule has 0 radical (unpaired) electrons. The Labute approximate surface area is 136 Å². The number of likely N-dealkylation sites (tertiary alicyclic amines) is 1. The molecule has 0 unspecified atom stereocenters. The minimum absolute atomic E-state index is 0.220. The summed E-state index contributed by atoms with van der Waals surface area (Å²) in [7, 11) is 2.14. The summed E-state index contributed by atoms with van der Waals surface area (Å²) in [5.41, 5.74) is 1.11. The molecule has 7 heteroatoms. The maximum Gasteiger partial charge on any atom is 0.234 e. The fourth-order valence-corrected chi connectivity index (χ4v) is 2.69. The van der Waals surface area contributed by atoms with E-state index in [2.05, 4.69) is 44.4 Å². The maximum atomic E-state index is 5.96. The highest BCUT2D eigenvalue weighted by molar-refractivity contribution is 5.51. The van der Waals surface area contributed by atoms with E-state index in [9.17, 15) is 0 Å². The zero-order chi connectivity index (χ0) is 16.1. The third-order valence-electron chi connectivity index (χ3n) is 3.97. The molecule has 0 bridgehead atoms. The molecule has 0 saturated carbocycles. The number of ether oxygens (including phenoxy) is 1. The molecule has 1 aliphatic rings. The molecule has 0 spiro atoms. The zero-order valence-corrected chi connectivity index (χ0v) is 13.7. The number of aromatic nitrogens is 4. The molecule has 7 nitrogen and oxygen atoms in total. The molecular formula is C16H24N6O. The zero-order valence-electron chi connectivity index (χ0n) is 13.7. The van der Waals surface area contributed by atoms with Gasteiger partial charge in [0.1, 0.15) is 6.10 Å². The molecule has 3 heterocycles. The first-order chi connectivity index (χ1) is 11.2. The Kier molecular flexibility index (Phi) is 5.07. The first-order valence-electron chi connectivity index (χ1n) is 8.21. The minimum atomic E-state index is 0.220. The van der Waals surface area contributed by atoms with E-state index in [1.807, 2.05) is 6.07 Å². The van der Waals surface area contributed by atoms with Crippen molar-refractivity contribution in [3.63, 3.8) is 0 Å².